The van der Waals surface area contributed by atoms with Crippen LogP contribution in [0.2, 0.25) is 0 Å². The first-order valence-electron chi connectivity index (χ1n) is 10.4. The van der Waals surface area contributed by atoms with Gasteiger partial charge in [0.25, 0.3) is 5.82 Å². The Morgan fingerprint density at radius 1 is 1.04 bits per heavy atom. The third-order valence-corrected chi connectivity index (χ3v) is 4.93. The van der Waals surface area contributed by atoms with Crippen molar-refractivity contribution in [3.8, 4) is 0 Å². The summed E-state index contributed by atoms with van der Waals surface area (Å²) in [5, 5.41) is 11.0. The van der Waals surface area contributed by atoms with Crippen molar-refractivity contribution >= 4 is 5.97 Å². The van der Waals surface area contributed by atoms with Crippen molar-refractivity contribution in [2.75, 3.05) is 0 Å². The van der Waals surface area contributed by atoms with E-state index in [9.17, 15) is 9.90 Å². The van der Waals surface area contributed by atoms with Gasteiger partial charge in [-0.2, -0.15) is 0 Å². The number of rotatable bonds is 15. The van der Waals surface area contributed by atoms with Crippen LogP contribution < -0.4 is 9.67 Å². The van der Waals surface area contributed by atoms with E-state index in [0.29, 0.717) is 6.54 Å². The molecular formula is C21H38N2O2. The molecule has 0 aliphatic carbocycles. The van der Waals surface area contributed by atoms with Crippen LogP contribution in [0.3, 0.4) is 0 Å². The summed E-state index contributed by atoms with van der Waals surface area (Å²) in [4.78, 5) is 11.0. The fourth-order valence-electron chi connectivity index (χ4n) is 3.36. The normalized spacial score (nSPS) is 12.4. The SMILES string of the molecule is CCCCCCCCCCCc1n(CCC)cc[n+]1CC(C)C(=O)[O-]. The number of aromatic nitrogens is 2. The summed E-state index contributed by atoms with van der Waals surface area (Å²) in [6, 6.07) is 0. The topological polar surface area (TPSA) is 48.9 Å². The smallest absolute Gasteiger partial charge is 0.256 e. The van der Waals surface area contributed by atoms with Gasteiger partial charge in [-0.3, -0.25) is 0 Å². The Labute approximate surface area is 154 Å². The van der Waals surface area contributed by atoms with Crippen molar-refractivity contribution in [1.82, 2.24) is 4.57 Å². The summed E-state index contributed by atoms with van der Waals surface area (Å²) in [7, 11) is 0. The lowest BCUT2D eigenvalue weighted by molar-refractivity contribution is -0.708. The number of unbranched alkanes of at least 4 members (excludes halogenated alkanes) is 8. The van der Waals surface area contributed by atoms with Gasteiger partial charge in [-0.05, 0) is 12.8 Å². The van der Waals surface area contributed by atoms with E-state index < -0.39 is 11.9 Å². The Balaban J connectivity index is 2.39. The van der Waals surface area contributed by atoms with Crippen LogP contribution in [-0.4, -0.2) is 10.5 Å². The molecule has 1 rings (SSSR count). The number of imidazole rings is 1. The van der Waals surface area contributed by atoms with Crippen molar-refractivity contribution in [1.29, 1.82) is 0 Å². The number of hydrogen-bond acceptors (Lipinski definition) is 2. The summed E-state index contributed by atoms with van der Waals surface area (Å²) in [6.45, 7) is 7.66. The minimum atomic E-state index is -0.968. The maximum Gasteiger partial charge on any atom is 0.256 e. The fraction of sp³-hybridized carbons (Fsp3) is 0.810. The fourth-order valence-corrected chi connectivity index (χ4v) is 3.36. The molecule has 1 atom stereocenters. The molecule has 25 heavy (non-hydrogen) atoms. The van der Waals surface area contributed by atoms with Gasteiger partial charge in [-0.15, -0.1) is 0 Å². The van der Waals surface area contributed by atoms with Crippen LogP contribution in [0, 0.1) is 5.92 Å². The maximum atomic E-state index is 11.0. The van der Waals surface area contributed by atoms with E-state index >= 15 is 0 Å². The average molecular weight is 351 g/mol. The van der Waals surface area contributed by atoms with Gasteiger partial charge in [0, 0.05) is 18.3 Å². The zero-order chi connectivity index (χ0) is 18.5. The molecule has 4 heteroatoms. The minimum absolute atomic E-state index is 0.454. The van der Waals surface area contributed by atoms with E-state index in [4.69, 9.17) is 0 Å². The van der Waals surface area contributed by atoms with Gasteiger partial charge >= 0.3 is 0 Å². The highest BCUT2D eigenvalue weighted by Gasteiger charge is 2.18. The summed E-state index contributed by atoms with van der Waals surface area (Å²) in [5.41, 5.74) is 0. The molecule has 0 fully saturated rings. The second kappa shape index (κ2) is 13.0. The standard InChI is InChI=1S/C21H38N2O2/c1-4-6-7-8-9-10-11-12-13-14-20-22(15-5-2)16-17-23(20)18-19(3)21(24)25/h16-17,19H,4-15,18H2,1-3H3. The summed E-state index contributed by atoms with van der Waals surface area (Å²) in [6.07, 6.45) is 18.2. The Kier molecular flexibility index (Phi) is 11.3. The minimum Gasteiger partial charge on any atom is -0.550 e. The van der Waals surface area contributed by atoms with Crippen molar-refractivity contribution in [3.05, 3.63) is 18.2 Å². The van der Waals surface area contributed by atoms with Crippen LogP contribution in [0.4, 0.5) is 0 Å². The van der Waals surface area contributed by atoms with Gasteiger partial charge in [0.2, 0.25) is 0 Å². The maximum absolute atomic E-state index is 11.0. The van der Waals surface area contributed by atoms with Crippen LogP contribution >= 0.6 is 0 Å². The van der Waals surface area contributed by atoms with Crippen LogP contribution in [0.15, 0.2) is 12.4 Å². The molecule has 0 saturated heterocycles. The third-order valence-electron chi connectivity index (χ3n) is 4.93. The average Bonchev–Trinajstić information content (AvgIpc) is 2.95. The van der Waals surface area contributed by atoms with Crippen LogP contribution in [0.25, 0.3) is 0 Å². The van der Waals surface area contributed by atoms with Gasteiger partial charge in [0.05, 0.1) is 13.1 Å². The molecule has 0 saturated carbocycles. The number of carbonyl (C=O) groups excluding carboxylic acids is 1. The first-order valence-corrected chi connectivity index (χ1v) is 10.4. The molecule has 144 valence electrons. The quantitative estimate of drug-likeness (QED) is 0.358. The number of nitrogens with zero attached hydrogens (tertiary/aromatic N) is 2. The monoisotopic (exact) mass is 350 g/mol. The van der Waals surface area contributed by atoms with E-state index in [1.165, 1.54) is 63.6 Å². The molecular weight excluding hydrogens is 312 g/mol. The van der Waals surface area contributed by atoms with Crippen LogP contribution in [0.5, 0.6) is 0 Å². The van der Waals surface area contributed by atoms with Gasteiger partial charge in [0.1, 0.15) is 12.4 Å². The van der Waals surface area contributed by atoms with E-state index in [1.54, 1.807) is 6.92 Å². The van der Waals surface area contributed by atoms with Crippen molar-refractivity contribution in [3.63, 3.8) is 0 Å². The zero-order valence-electron chi connectivity index (χ0n) is 16.6. The second-order valence-corrected chi connectivity index (χ2v) is 7.36. The first kappa shape index (κ1) is 21.7. The molecule has 0 aliphatic rings. The highest BCUT2D eigenvalue weighted by molar-refractivity contribution is 5.66. The molecule has 0 aromatic carbocycles. The van der Waals surface area contributed by atoms with E-state index in [0.717, 1.165) is 19.4 Å². The number of carboxylic acid groups (broad SMARTS) is 1. The molecule has 1 heterocycles. The molecule has 1 aromatic heterocycles. The Bertz CT molecular complexity index is 482. The molecule has 1 aromatic rings. The predicted octanol–water partition coefficient (Wildman–Crippen LogP) is 3.64. The number of carbonyl (C=O) groups is 1. The van der Waals surface area contributed by atoms with Gasteiger partial charge in [0.15, 0.2) is 0 Å². The van der Waals surface area contributed by atoms with Crippen molar-refractivity contribution in [2.45, 2.75) is 104 Å². The van der Waals surface area contributed by atoms with Crippen molar-refractivity contribution < 1.29 is 14.5 Å². The van der Waals surface area contributed by atoms with Crippen molar-refractivity contribution in [2.24, 2.45) is 5.92 Å². The van der Waals surface area contributed by atoms with E-state index in [2.05, 4.69) is 29.2 Å². The molecule has 0 spiro atoms. The molecule has 0 aliphatic heterocycles. The summed E-state index contributed by atoms with van der Waals surface area (Å²) >= 11 is 0. The highest BCUT2D eigenvalue weighted by Crippen LogP contribution is 2.11. The van der Waals surface area contributed by atoms with Crippen LogP contribution in [0.1, 0.15) is 90.8 Å². The van der Waals surface area contributed by atoms with Gasteiger partial charge in [-0.25, -0.2) is 9.13 Å². The largest absolute Gasteiger partial charge is 0.550 e. The molecule has 4 nitrogen and oxygen atoms in total. The van der Waals surface area contributed by atoms with E-state index in [-0.39, 0.29) is 0 Å². The molecule has 0 bridgehead atoms. The summed E-state index contributed by atoms with van der Waals surface area (Å²) < 4.78 is 4.40. The molecule has 0 amide bonds. The molecule has 0 radical (unpaired) electrons. The molecule has 0 N–H and O–H groups in total. The number of aliphatic carboxylic acids is 1. The Morgan fingerprint density at radius 3 is 2.20 bits per heavy atom. The lowest BCUT2D eigenvalue weighted by atomic mass is 10.1. The third kappa shape index (κ3) is 8.55. The predicted molar refractivity (Wildman–Crippen MR) is 100 cm³/mol. The zero-order valence-corrected chi connectivity index (χ0v) is 16.6. The first-order chi connectivity index (χ1) is 12.1. The van der Waals surface area contributed by atoms with E-state index in [1.807, 2.05) is 6.20 Å². The van der Waals surface area contributed by atoms with Gasteiger partial charge < -0.3 is 9.90 Å². The Hall–Kier alpha value is -1.32. The Morgan fingerprint density at radius 2 is 1.64 bits per heavy atom. The highest BCUT2D eigenvalue weighted by atomic mass is 16.4. The number of aryl methyl sites for hydroxylation is 1. The molecule has 1 unspecified atom stereocenters. The lowest BCUT2D eigenvalue weighted by Gasteiger charge is -2.11. The number of hydrogen-bond donors (Lipinski definition) is 0. The second-order valence-electron chi connectivity index (χ2n) is 7.36. The summed E-state index contributed by atoms with van der Waals surface area (Å²) in [5.74, 6) is -0.160. The van der Waals surface area contributed by atoms with Gasteiger partial charge in [-0.1, -0.05) is 72.1 Å². The lowest BCUT2D eigenvalue weighted by Crippen LogP contribution is -2.45. The van der Waals surface area contributed by atoms with Crippen LogP contribution in [-0.2, 0) is 24.3 Å². The number of carboxylic acids is 1.